The summed E-state index contributed by atoms with van der Waals surface area (Å²) in [5.41, 5.74) is 2.65. The van der Waals surface area contributed by atoms with Gasteiger partial charge in [-0.25, -0.2) is 0 Å². The van der Waals surface area contributed by atoms with Gasteiger partial charge in [-0.1, -0.05) is 54.6 Å². The molecule has 0 saturated carbocycles. The van der Waals surface area contributed by atoms with Crippen LogP contribution in [-0.2, 0) is 14.3 Å². The van der Waals surface area contributed by atoms with Gasteiger partial charge in [0.2, 0.25) is 0 Å². The molecule has 0 aromatic heterocycles. The Labute approximate surface area is 153 Å². The van der Waals surface area contributed by atoms with Crippen molar-refractivity contribution < 1.29 is 19.1 Å². The Morgan fingerprint density at radius 3 is 2.15 bits per heavy atom. The van der Waals surface area contributed by atoms with Crippen LogP contribution in [0.2, 0.25) is 0 Å². The Hall–Kier alpha value is -2.95. The lowest BCUT2D eigenvalue weighted by Gasteiger charge is -2.12. The van der Waals surface area contributed by atoms with E-state index >= 15 is 0 Å². The smallest absolute Gasteiger partial charge is 0.307 e. The molecule has 0 aliphatic rings. The van der Waals surface area contributed by atoms with Crippen molar-refractivity contribution in [2.24, 2.45) is 0 Å². The average molecular weight is 353 g/mol. The van der Waals surface area contributed by atoms with Crippen LogP contribution >= 0.6 is 0 Å². The molecule has 0 aliphatic carbocycles. The lowest BCUT2D eigenvalue weighted by Crippen LogP contribution is -2.35. The standard InChI is InChI=1S/C21H23NO4/c1-3-22-21(25)15(2)26-20(24)14-13-19(23)18-11-9-17(10-12-18)16-7-5-4-6-8-16/h4-12,15H,3,13-14H2,1-2H3,(H,22,25)/t15-/m0/s1. The van der Waals surface area contributed by atoms with Gasteiger partial charge in [0.25, 0.3) is 5.91 Å². The van der Waals surface area contributed by atoms with Crippen LogP contribution in [0.25, 0.3) is 11.1 Å². The van der Waals surface area contributed by atoms with Gasteiger partial charge in [-0.2, -0.15) is 0 Å². The van der Waals surface area contributed by atoms with E-state index in [-0.39, 0.29) is 24.5 Å². The van der Waals surface area contributed by atoms with E-state index in [0.717, 1.165) is 11.1 Å². The maximum Gasteiger partial charge on any atom is 0.307 e. The molecule has 2 aromatic carbocycles. The zero-order valence-corrected chi connectivity index (χ0v) is 15.0. The maximum absolute atomic E-state index is 12.2. The minimum Gasteiger partial charge on any atom is -0.453 e. The number of hydrogen-bond acceptors (Lipinski definition) is 4. The molecule has 0 aliphatic heterocycles. The molecule has 0 fully saturated rings. The van der Waals surface area contributed by atoms with Crippen molar-refractivity contribution in [3.8, 4) is 11.1 Å². The van der Waals surface area contributed by atoms with Crippen LogP contribution in [0.15, 0.2) is 54.6 Å². The van der Waals surface area contributed by atoms with Gasteiger partial charge in [-0.3, -0.25) is 14.4 Å². The number of rotatable bonds is 8. The number of nitrogens with one attached hydrogen (secondary N) is 1. The summed E-state index contributed by atoms with van der Waals surface area (Å²) >= 11 is 0. The summed E-state index contributed by atoms with van der Waals surface area (Å²) < 4.78 is 5.02. The van der Waals surface area contributed by atoms with E-state index in [4.69, 9.17) is 4.74 Å². The number of likely N-dealkylation sites (N-methyl/N-ethyl adjacent to an activating group) is 1. The molecule has 2 rings (SSSR count). The average Bonchev–Trinajstić information content (AvgIpc) is 2.67. The van der Waals surface area contributed by atoms with Crippen LogP contribution in [0.4, 0.5) is 0 Å². The number of benzene rings is 2. The van der Waals surface area contributed by atoms with Crippen LogP contribution in [0, 0.1) is 0 Å². The van der Waals surface area contributed by atoms with Gasteiger partial charge >= 0.3 is 5.97 Å². The fraction of sp³-hybridized carbons (Fsp3) is 0.286. The third-order valence-corrected chi connectivity index (χ3v) is 3.90. The first-order valence-electron chi connectivity index (χ1n) is 8.67. The Kier molecular flexibility index (Phi) is 7.09. The van der Waals surface area contributed by atoms with Gasteiger partial charge in [-0.15, -0.1) is 0 Å². The molecule has 1 atom stereocenters. The number of amides is 1. The Morgan fingerprint density at radius 2 is 1.54 bits per heavy atom. The van der Waals surface area contributed by atoms with E-state index < -0.39 is 12.1 Å². The molecule has 0 spiro atoms. The zero-order valence-electron chi connectivity index (χ0n) is 15.0. The molecular weight excluding hydrogens is 330 g/mol. The van der Waals surface area contributed by atoms with Crippen LogP contribution in [0.1, 0.15) is 37.0 Å². The highest BCUT2D eigenvalue weighted by Gasteiger charge is 2.18. The van der Waals surface area contributed by atoms with Gasteiger partial charge in [0.1, 0.15) is 0 Å². The normalized spacial score (nSPS) is 11.5. The minimum absolute atomic E-state index is 0.0473. The molecule has 1 N–H and O–H groups in total. The predicted octanol–water partition coefficient (Wildman–Crippen LogP) is 3.38. The van der Waals surface area contributed by atoms with E-state index in [1.165, 1.54) is 6.92 Å². The highest BCUT2D eigenvalue weighted by atomic mass is 16.5. The summed E-state index contributed by atoms with van der Waals surface area (Å²) in [6.07, 6.45) is -0.864. The molecule has 5 heteroatoms. The second-order valence-corrected chi connectivity index (χ2v) is 5.89. The van der Waals surface area contributed by atoms with Crippen molar-refractivity contribution in [2.75, 3.05) is 6.54 Å². The fourth-order valence-electron chi connectivity index (χ4n) is 2.47. The molecular formula is C21H23NO4. The molecule has 1 amide bonds. The molecule has 0 saturated heterocycles. The van der Waals surface area contributed by atoms with Gasteiger partial charge in [-0.05, 0) is 25.0 Å². The van der Waals surface area contributed by atoms with E-state index in [1.807, 2.05) is 42.5 Å². The Morgan fingerprint density at radius 1 is 0.923 bits per heavy atom. The second kappa shape index (κ2) is 9.51. The molecule has 0 heterocycles. The van der Waals surface area contributed by atoms with Crippen molar-refractivity contribution in [3.63, 3.8) is 0 Å². The first-order chi connectivity index (χ1) is 12.5. The summed E-state index contributed by atoms with van der Waals surface area (Å²) in [5.74, 6) is -1.03. The summed E-state index contributed by atoms with van der Waals surface area (Å²) in [5, 5.41) is 2.58. The molecule has 5 nitrogen and oxygen atoms in total. The van der Waals surface area contributed by atoms with E-state index in [1.54, 1.807) is 19.1 Å². The second-order valence-electron chi connectivity index (χ2n) is 5.89. The molecule has 2 aromatic rings. The summed E-state index contributed by atoms with van der Waals surface area (Å²) in [7, 11) is 0. The number of esters is 1. The monoisotopic (exact) mass is 353 g/mol. The number of carbonyl (C=O) groups excluding carboxylic acids is 3. The van der Waals surface area contributed by atoms with Crippen LogP contribution in [-0.4, -0.2) is 30.3 Å². The van der Waals surface area contributed by atoms with Gasteiger partial charge in [0.15, 0.2) is 11.9 Å². The van der Waals surface area contributed by atoms with Crippen LogP contribution in [0.3, 0.4) is 0 Å². The van der Waals surface area contributed by atoms with E-state index in [9.17, 15) is 14.4 Å². The maximum atomic E-state index is 12.2. The van der Waals surface area contributed by atoms with Gasteiger partial charge in [0, 0.05) is 18.5 Å². The summed E-state index contributed by atoms with van der Waals surface area (Å²) in [6.45, 7) is 3.76. The largest absolute Gasteiger partial charge is 0.453 e. The van der Waals surface area contributed by atoms with Gasteiger partial charge < -0.3 is 10.1 Å². The van der Waals surface area contributed by atoms with E-state index in [0.29, 0.717) is 12.1 Å². The number of hydrogen-bond donors (Lipinski definition) is 1. The first-order valence-corrected chi connectivity index (χ1v) is 8.67. The highest BCUT2D eigenvalue weighted by molar-refractivity contribution is 5.98. The van der Waals surface area contributed by atoms with Crippen LogP contribution in [0.5, 0.6) is 0 Å². The van der Waals surface area contributed by atoms with Crippen molar-refractivity contribution in [2.45, 2.75) is 32.8 Å². The fourth-order valence-corrected chi connectivity index (χ4v) is 2.47. The Bertz CT molecular complexity index is 753. The SMILES string of the molecule is CCNC(=O)[C@H](C)OC(=O)CCC(=O)c1ccc(-c2ccccc2)cc1. The molecule has 136 valence electrons. The summed E-state index contributed by atoms with van der Waals surface area (Å²) in [4.78, 5) is 35.5. The molecule has 0 radical (unpaired) electrons. The number of Topliss-reactive ketones (excluding diaryl/α,β-unsaturated/α-hetero) is 1. The lowest BCUT2D eigenvalue weighted by atomic mass is 10.0. The Balaban J connectivity index is 1.86. The number of ketones is 1. The van der Waals surface area contributed by atoms with Crippen LogP contribution < -0.4 is 5.32 Å². The van der Waals surface area contributed by atoms with Gasteiger partial charge in [0.05, 0.1) is 6.42 Å². The number of ether oxygens (including phenoxy) is 1. The molecule has 26 heavy (non-hydrogen) atoms. The number of carbonyl (C=O) groups is 3. The zero-order chi connectivity index (χ0) is 18.9. The summed E-state index contributed by atoms with van der Waals surface area (Å²) in [6, 6.07) is 17.2. The highest BCUT2D eigenvalue weighted by Crippen LogP contribution is 2.20. The topological polar surface area (TPSA) is 72.5 Å². The van der Waals surface area contributed by atoms with Crippen molar-refractivity contribution in [3.05, 3.63) is 60.2 Å². The van der Waals surface area contributed by atoms with Crippen molar-refractivity contribution in [1.82, 2.24) is 5.32 Å². The van der Waals surface area contributed by atoms with Crippen molar-refractivity contribution in [1.29, 1.82) is 0 Å². The predicted molar refractivity (Wildman–Crippen MR) is 99.7 cm³/mol. The quantitative estimate of drug-likeness (QED) is 0.583. The third kappa shape index (κ3) is 5.55. The molecule has 0 bridgehead atoms. The minimum atomic E-state index is -0.859. The lowest BCUT2D eigenvalue weighted by molar-refractivity contribution is -0.154. The van der Waals surface area contributed by atoms with Crippen molar-refractivity contribution >= 4 is 17.7 Å². The third-order valence-electron chi connectivity index (χ3n) is 3.90. The first kappa shape index (κ1) is 19.4. The molecule has 0 unspecified atom stereocenters. The van der Waals surface area contributed by atoms with E-state index in [2.05, 4.69) is 5.32 Å².